The molecule has 1 unspecified atom stereocenters. The molecule has 0 aliphatic rings. The van der Waals surface area contributed by atoms with E-state index in [1.54, 1.807) is 25.1 Å². The number of carbonyl (C=O) groups excluding carboxylic acids is 2. The average Bonchev–Trinajstić information content (AvgIpc) is 2.99. The number of carbonyl (C=O) groups is 2. The van der Waals surface area contributed by atoms with Crippen LogP contribution in [0.25, 0.3) is 0 Å². The van der Waals surface area contributed by atoms with E-state index in [2.05, 4.69) is 10.6 Å². The van der Waals surface area contributed by atoms with Gasteiger partial charge in [-0.15, -0.1) is 0 Å². The lowest BCUT2D eigenvalue weighted by atomic mass is 10.1. The van der Waals surface area contributed by atoms with Gasteiger partial charge in [0.15, 0.2) is 0 Å². The molecule has 2 amide bonds. The second-order valence-corrected chi connectivity index (χ2v) is 4.51. The zero-order valence-corrected chi connectivity index (χ0v) is 11.4. The molecule has 2 rings (SSSR count). The van der Waals surface area contributed by atoms with Crippen LogP contribution in [-0.2, 0) is 4.79 Å². The van der Waals surface area contributed by atoms with E-state index in [-0.39, 0.29) is 12.4 Å². The molecule has 0 fully saturated rings. The van der Waals surface area contributed by atoms with Crippen LogP contribution < -0.4 is 10.6 Å². The van der Waals surface area contributed by atoms with Crippen molar-refractivity contribution >= 4 is 11.8 Å². The minimum Gasteiger partial charge on any atom is -0.472 e. The molecule has 0 saturated carbocycles. The van der Waals surface area contributed by atoms with E-state index in [1.807, 2.05) is 0 Å². The highest BCUT2D eigenvalue weighted by molar-refractivity contribution is 5.96. The van der Waals surface area contributed by atoms with Gasteiger partial charge in [-0.25, -0.2) is 4.39 Å². The van der Waals surface area contributed by atoms with Crippen molar-refractivity contribution in [1.82, 2.24) is 10.6 Å². The smallest absolute Gasteiger partial charge is 0.254 e. The molecule has 110 valence electrons. The lowest BCUT2D eigenvalue weighted by Crippen LogP contribution is -2.38. The summed E-state index contributed by atoms with van der Waals surface area (Å²) in [6.45, 7) is 1.48. The van der Waals surface area contributed by atoms with Crippen molar-refractivity contribution in [2.45, 2.75) is 13.0 Å². The van der Waals surface area contributed by atoms with E-state index in [4.69, 9.17) is 4.42 Å². The summed E-state index contributed by atoms with van der Waals surface area (Å²) in [6.07, 6.45) is 2.66. The molecule has 0 spiro atoms. The number of halogens is 1. The third kappa shape index (κ3) is 3.92. The predicted octanol–water partition coefficient (Wildman–Crippen LogP) is 2.03. The Bertz CT molecular complexity index is 626. The van der Waals surface area contributed by atoms with Crippen molar-refractivity contribution in [3.05, 3.63) is 59.8 Å². The molecule has 0 bridgehead atoms. The molecule has 1 heterocycles. The van der Waals surface area contributed by atoms with Gasteiger partial charge in [0.2, 0.25) is 5.91 Å². The van der Waals surface area contributed by atoms with Gasteiger partial charge < -0.3 is 15.1 Å². The Morgan fingerprint density at radius 2 is 2.05 bits per heavy atom. The van der Waals surface area contributed by atoms with Gasteiger partial charge in [0.25, 0.3) is 5.91 Å². The Balaban J connectivity index is 1.85. The van der Waals surface area contributed by atoms with Crippen LogP contribution in [0.3, 0.4) is 0 Å². The number of amides is 2. The summed E-state index contributed by atoms with van der Waals surface area (Å²) >= 11 is 0. The van der Waals surface area contributed by atoms with Crippen molar-refractivity contribution in [2.75, 3.05) is 6.54 Å². The predicted molar refractivity (Wildman–Crippen MR) is 74.0 cm³/mol. The van der Waals surface area contributed by atoms with Crippen LogP contribution in [0.5, 0.6) is 0 Å². The SMILES string of the molecule is CC(NC(=O)CNC(=O)c1ccoc1)c1ccccc1F. The second-order valence-electron chi connectivity index (χ2n) is 4.51. The summed E-state index contributed by atoms with van der Waals surface area (Å²) < 4.78 is 18.3. The first-order valence-electron chi connectivity index (χ1n) is 6.42. The van der Waals surface area contributed by atoms with Crippen molar-refractivity contribution < 1.29 is 18.4 Å². The Labute approximate surface area is 121 Å². The van der Waals surface area contributed by atoms with Gasteiger partial charge in [0.1, 0.15) is 12.1 Å². The minimum atomic E-state index is -0.482. The van der Waals surface area contributed by atoms with E-state index in [0.717, 1.165) is 0 Å². The van der Waals surface area contributed by atoms with Crippen LogP contribution in [0.4, 0.5) is 4.39 Å². The number of hydrogen-bond donors (Lipinski definition) is 2. The van der Waals surface area contributed by atoms with Crippen LogP contribution in [0.1, 0.15) is 28.9 Å². The summed E-state index contributed by atoms with van der Waals surface area (Å²) in [5.41, 5.74) is 0.733. The fourth-order valence-corrected chi connectivity index (χ4v) is 1.85. The number of benzene rings is 1. The maximum atomic E-state index is 13.6. The summed E-state index contributed by atoms with van der Waals surface area (Å²) in [5.74, 6) is -1.19. The first-order chi connectivity index (χ1) is 10.1. The monoisotopic (exact) mass is 290 g/mol. The zero-order chi connectivity index (χ0) is 15.2. The molecule has 21 heavy (non-hydrogen) atoms. The van der Waals surface area contributed by atoms with Gasteiger partial charge >= 0.3 is 0 Å². The Morgan fingerprint density at radius 1 is 1.29 bits per heavy atom. The zero-order valence-electron chi connectivity index (χ0n) is 11.4. The summed E-state index contributed by atoms with van der Waals surface area (Å²) in [5, 5.41) is 5.07. The molecular weight excluding hydrogens is 275 g/mol. The average molecular weight is 290 g/mol. The molecule has 1 atom stereocenters. The molecule has 1 aromatic heterocycles. The summed E-state index contributed by atoms with van der Waals surface area (Å²) in [7, 11) is 0. The van der Waals surface area contributed by atoms with Crippen LogP contribution >= 0.6 is 0 Å². The second kappa shape index (κ2) is 6.69. The number of furan rings is 1. The van der Waals surface area contributed by atoms with Gasteiger partial charge in [0, 0.05) is 5.56 Å². The molecule has 5 nitrogen and oxygen atoms in total. The Hall–Kier alpha value is -2.63. The van der Waals surface area contributed by atoms with E-state index in [9.17, 15) is 14.0 Å². The normalized spacial score (nSPS) is 11.7. The molecule has 2 N–H and O–H groups in total. The van der Waals surface area contributed by atoms with Gasteiger partial charge in [-0.1, -0.05) is 18.2 Å². The first kappa shape index (κ1) is 14.8. The van der Waals surface area contributed by atoms with Crippen molar-refractivity contribution in [3.8, 4) is 0 Å². The molecule has 2 aromatic rings. The summed E-state index contributed by atoms with van der Waals surface area (Å²) in [4.78, 5) is 23.3. The third-order valence-electron chi connectivity index (χ3n) is 2.94. The van der Waals surface area contributed by atoms with E-state index in [1.165, 1.54) is 24.7 Å². The molecular formula is C15H15FN2O3. The Morgan fingerprint density at radius 3 is 2.71 bits per heavy atom. The summed E-state index contributed by atoms with van der Waals surface area (Å²) in [6, 6.07) is 7.22. The molecule has 0 radical (unpaired) electrons. The van der Waals surface area contributed by atoms with E-state index < -0.39 is 17.9 Å². The van der Waals surface area contributed by atoms with Gasteiger partial charge in [-0.2, -0.15) is 0 Å². The topological polar surface area (TPSA) is 71.3 Å². The van der Waals surface area contributed by atoms with Gasteiger partial charge in [0.05, 0.1) is 24.4 Å². The van der Waals surface area contributed by atoms with Gasteiger partial charge in [-0.05, 0) is 19.1 Å². The van der Waals surface area contributed by atoms with Gasteiger partial charge in [-0.3, -0.25) is 9.59 Å². The highest BCUT2D eigenvalue weighted by Crippen LogP contribution is 2.15. The van der Waals surface area contributed by atoms with Crippen LogP contribution in [0.2, 0.25) is 0 Å². The van der Waals surface area contributed by atoms with E-state index >= 15 is 0 Å². The molecule has 0 saturated heterocycles. The number of rotatable bonds is 5. The van der Waals surface area contributed by atoms with E-state index in [0.29, 0.717) is 11.1 Å². The maximum absolute atomic E-state index is 13.6. The number of nitrogens with one attached hydrogen (secondary N) is 2. The fraction of sp³-hybridized carbons (Fsp3) is 0.200. The minimum absolute atomic E-state index is 0.192. The maximum Gasteiger partial charge on any atom is 0.254 e. The highest BCUT2D eigenvalue weighted by atomic mass is 19.1. The van der Waals surface area contributed by atoms with Crippen molar-refractivity contribution in [2.24, 2.45) is 0 Å². The fourth-order valence-electron chi connectivity index (χ4n) is 1.85. The van der Waals surface area contributed by atoms with Crippen LogP contribution in [0.15, 0.2) is 47.3 Å². The highest BCUT2D eigenvalue weighted by Gasteiger charge is 2.14. The molecule has 0 aliphatic heterocycles. The van der Waals surface area contributed by atoms with Crippen molar-refractivity contribution in [1.29, 1.82) is 0 Å². The third-order valence-corrected chi connectivity index (χ3v) is 2.94. The van der Waals surface area contributed by atoms with Crippen LogP contribution in [-0.4, -0.2) is 18.4 Å². The first-order valence-corrected chi connectivity index (χ1v) is 6.42. The molecule has 6 heteroatoms. The standard InChI is InChI=1S/C15H15FN2O3/c1-10(12-4-2-3-5-13(12)16)18-14(19)8-17-15(20)11-6-7-21-9-11/h2-7,9-10H,8H2,1H3,(H,17,20)(H,18,19). The largest absolute Gasteiger partial charge is 0.472 e. The van der Waals surface area contributed by atoms with Crippen LogP contribution in [0, 0.1) is 5.82 Å². The quantitative estimate of drug-likeness (QED) is 0.885. The number of hydrogen-bond acceptors (Lipinski definition) is 3. The lowest BCUT2D eigenvalue weighted by Gasteiger charge is -2.15. The molecule has 1 aromatic carbocycles. The Kier molecular flexibility index (Phi) is 4.71. The molecule has 0 aliphatic carbocycles. The lowest BCUT2D eigenvalue weighted by molar-refractivity contribution is -0.120. The van der Waals surface area contributed by atoms with Crippen molar-refractivity contribution in [3.63, 3.8) is 0 Å².